The van der Waals surface area contributed by atoms with Crippen molar-refractivity contribution in [2.75, 3.05) is 13.1 Å². The molecular weight excluding hydrogens is 112 g/mol. The summed E-state index contributed by atoms with van der Waals surface area (Å²) in [5.74, 6) is 0. The van der Waals surface area contributed by atoms with Gasteiger partial charge >= 0.3 is 0 Å². The average Bonchev–Trinajstić information content (AvgIpc) is 2.37. The van der Waals surface area contributed by atoms with Gasteiger partial charge in [-0.1, -0.05) is 6.92 Å². The molecule has 1 rings (SSSR count). The van der Waals surface area contributed by atoms with Gasteiger partial charge in [-0.2, -0.15) is 0 Å². The van der Waals surface area contributed by atoms with E-state index in [1.54, 1.807) is 0 Å². The fraction of sp³-hybridized carbons (Fsp3) is 0.857. The molecule has 0 spiro atoms. The van der Waals surface area contributed by atoms with Crippen molar-refractivity contribution in [2.24, 2.45) is 4.99 Å². The summed E-state index contributed by atoms with van der Waals surface area (Å²) in [5, 5.41) is 0. The van der Waals surface area contributed by atoms with Crippen LogP contribution in [0.4, 0.5) is 0 Å². The summed E-state index contributed by atoms with van der Waals surface area (Å²) in [7, 11) is 0. The minimum atomic E-state index is 0.677. The summed E-state index contributed by atoms with van der Waals surface area (Å²) in [6.45, 7) is 6.55. The fourth-order valence-electron chi connectivity index (χ4n) is 0.962. The van der Waals surface area contributed by atoms with Gasteiger partial charge in [0.25, 0.3) is 0 Å². The maximum absolute atomic E-state index is 4.13. The van der Waals surface area contributed by atoms with Crippen LogP contribution in [-0.4, -0.2) is 30.4 Å². The molecule has 1 aliphatic rings. The second kappa shape index (κ2) is 2.85. The first-order valence-electron chi connectivity index (χ1n) is 3.60. The maximum atomic E-state index is 4.13. The third kappa shape index (κ3) is 1.44. The molecule has 0 bridgehead atoms. The van der Waals surface area contributed by atoms with Crippen LogP contribution in [0.1, 0.15) is 20.3 Å². The number of aliphatic imine (C=N–C) groups is 1. The van der Waals surface area contributed by atoms with Crippen molar-refractivity contribution in [3.8, 4) is 0 Å². The van der Waals surface area contributed by atoms with Crippen molar-refractivity contribution in [3.05, 3.63) is 0 Å². The minimum absolute atomic E-state index is 0.677. The maximum Gasteiger partial charge on any atom is 0.0853 e. The Kier molecular flexibility index (Phi) is 2.09. The van der Waals surface area contributed by atoms with Gasteiger partial charge in [-0.05, 0) is 13.3 Å². The van der Waals surface area contributed by atoms with E-state index in [-0.39, 0.29) is 0 Å². The molecule has 0 aromatic rings. The molecule has 0 radical (unpaired) electrons. The Labute approximate surface area is 56.6 Å². The van der Waals surface area contributed by atoms with Crippen molar-refractivity contribution in [1.29, 1.82) is 0 Å². The number of rotatable bonds is 2. The summed E-state index contributed by atoms with van der Waals surface area (Å²) < 4.78 is 0. The number of hydrogen-bond acceptors (Lipinski definition) is 2. The predicted octanol–water partition coefficient (Wildman–Crippen LogP) is 1.13. The molecule has 0 aromatic heterocycles. The SMILES string of the molecule is CCC(C)N1C=NCC1. The second-order valence-corrected chi connectivity index (χ2v) is 2.52. The summed E-state index contributed by atoms with van der Waals surface area (Å²) in [6, 6.07) is 0.677. The van der Waals surface area contributed by atoms with E-state index >= 15 is 0 Å². The molecule has 1 atom stereocenters. The van der Waals surface area contributed by atoms with E-state index in [2.05, 4.69) is 23.7 Å². The molecule has 1 unspecified atom stereocenters. The average molecular weight is 126 g/mol. The van der Waals surface area contributed by atoms with Crippen LogP contribution in [0.15, 0.2) is 4.99 Å². The Balaban J connectivity index is 2.33. The van der Waals surface area contributed by atoms with Crippen molar-refractivity contribution >= 4 is 6.34 Å². The van der Waals surface area contributed by atoms with Crippen LogP contribution in [0.25, 0.3) is 0 Å². The van der Waals surface area contributed by atoms with E-state index in [1.165, 1.54) is 6.42 Å². The molecule has 0 fully saturated rings. The Hall–Kier alpha value is -0.530. The lowest BCUT2D eigenvalue weighted by Gasteiger charge is -2.20. The molecule has 2 heteroatoms. The van der Waals surface area contributed by atoms with E-state index in [9.17, 15) is 0 Å². The standard InChI is InChI=1S/C7H14N2/c1-3-7(2)9-5-4-8-6-9/h6-7H,3-5H2,1-2H3. The quantitative estimate of drug-likeness (QED) is 0.541. The van der Waals surface area contributed by atoms with Gasteiger partial charge in [0.05, 0.1) is 12.9 Å². The first-order chi connectivity index (χ1) is 4.34. The van der Waals surface area contributed by atoms with Crippen LogP contribution < -0.4 is 0 Å². The van der Waals surface area contributed by atoms with Crippen molar-refractivity contribution in [1.82, 2.24) is 4.90 Å². The number of nitrogens with zero attached hydrogens (tertiary/aromatic N) is 2. The predicted molar refractivity (Wildman–Crippen MR) is 39.8 cm³/mol. The van der Waals surface area contributed by atoms with E-state index in [4.69, 9.17) is 0 Å². The normalized spacial score (nSPS) is 20.9. The molecule has 1 heterocycles. The summed E-state index contributed by atoms with van der Waals surface area (Å²) >= 11 is 0. The Bertz CT molecular complexity index is 109. The van der Waals surface area contributed by atoms with Gasteiger partial charge in [0, 0.05) is 12.6 Å². The van der Waals surface area contributed by atoms with Gasteiger partial charge < -0.3 is 4.90 Å². The number of hydrogen-bond donors (Lipinski definition) is 0. The third-order valence-electron chi connectivity index (χ3n) is 1.87. The highest BCUT2D eigenvalue weighted by atomic mass is 15.2. The molecule has 0 amide bonds. The highest BCUT2D eigenvalue weighted by Gasteiger charge is 2.10. The molecule has 2 nitrogen and oxygen atoms in total. The van der Waals surface area contributed by atoms with Crippen LogP contribution in [0.2, 0.25) is 0 Å². The first-order valence-corrected chi connectivity index (χ1v) is 3.60. The van der Waals surface area contributed by atoms with Gasteiger partial charge in [0.1, 0.15) is 0 Å². The molecule has 0 N–H and O–H groups in total. The molecule has 0 saturated carbocycles. The zero-order valence-corrected chi connectivity index (χ0v) is 6.17. The topological polar surface area (TPSA) is 15.6 Å². The molecule has 0 saturated heterocycles. The third-order valence-corrected chi connectivity index (χ3v) is 1.87. The van der Waals surface area contributed by atoms with E-state index < -0.39 is 0 Å². The summed E-state index contributed by atoms with van der Waals surface area (Å²) in [6.07, 6.45) is 3.18. The molecule has 1 aliphatic heterocycles. The van der Waals surface area contributed by atoms with Crippen LogP contribution >= 0.6 is 0 Å². The summed E-state index contributed by atoms with van der Waals surface area (Å²) in [4.78, 5) is 6.43. The van der Waals surface area contributed by atoms with Gasteiger partial charge in [0.15, 0.2) is 0 Å². The molecule has 9 heavy (non-hydrogen) atoms. The second-order valence-electron chi connectivity index (χ2n) is 2.52. The van der Waals surface area contributed by atoms with Gasteiger partial charge in [-0.15, -0.1) is 0 Å². The highest BCUT2D eigenvalue weighted by molar-refractivity contribution is 5.57. The lowest BCUT2D eigenvalue weighted by atomic mass is 10.2. The van der Waals surface area contributed by atoms with Gasteiger partial charge in [-0.3, -0.25) is 4.99 Å². The van der Waals surface area contributed by atoms with Gasteiger partial charge in [-0.25, -0.2) is 0 Å². The van der Waals surface area contributed by atoms with E-state index in [0.717, 1.165) is 13.1 Å². The van der Waals surface area contributed by atoms with E-state index in [1.807, 2.05) is 6.34 Å². The van der Waals surface area contributed by atoms with E-state index in [0.29, 0.717) is 6.04 Å². The zero-order chi connectivity index (χ0) is 6.69. The summed E-state index contributed by atoms with van der Waals surface area (Å²) in [5.41, 5.74) is 0. The zero-order valence-electron chi connectivity index (χ0n) is 6.17. The van der Waals surface area contributed by atoms with Crippen LogP contribution in [0.5, 0.6) is 0 Å². The fourth-order valence-corrected chi connectivity index (χ4v) is 0.962. The van der Waals surface area contributed by atoms with Crippen molar-refractivity contribution in [3.63, 3.8) is 0 Å². The first kappa shape index (κ1) is 6.59. The minimum Gasteiger partial charge on any atom is -0.358 e. The van der Waals surface area contributed by atoms with Crippen molar-refractivity contribution < 1.29 is 0 Å². The van der Waals surface area contributed by atoms with Crippen LogP contribution in [0, 0.1) is 0 Å². The van der Waals surface area contributed by atoms with Crippen molar-refractivity contribution in [2.45, 2.75) is 26.3 Å². The Morgan fingerprint density at radius 2 is 2.56 bits per heavy atom. The van der Waals surface area contributed by atoms with Crippen LogP contribution in [-0.2, 0) is 0 Å². The molecular formula is C7H14N2. The largest absolute Gasteiger partial charge is 0.358 e. The lowest BCUT2D eigenvalue weighted by Crippen LogP contribution is -2.29. The monoisotopic (exact) mass is 126 g/mol. The molecule has 0 aliphatic carbocycles. The molecule has 0 aromatic carbocycles. The molecule has 52 valence electrons. The Morgan fingerprint density at radius 3 is 3.00 bits per heavy atom. The Morgan fingerprint density at radius 1 is 1.78 bits per heavy atom. The van der Waals surface area contributed by atoms with Crippen LogP contribution in [0.3, 0.4) is 0 Å². The smallest absolute Gasteiger partial charge is 0.0853 e. The highest BCUT2D eigenvalue weighted by Crippen LogP contribution is 2.03. The lowest BCUT2D eigenvalue weighted by molar-refractivity contribution is 0.357. The van der Waals surface area contributed by atoms with Gasteiger partial charge in [0.2, 0.25) is 0 Å².